The van der Waals surface area contributed by atoms with E-state index >= 15 is 0 Å². The average Bonchev–Trinajstić information content (AvgIpc) is 2.98. The fraction of sp³-hybridized carbons (Fsp3) is 0.412. The number of nitrogens with zero attached hydrogens (tertiary/aromatic N) is 3. The van der Waals surface area contributed by atoms with Gasteiger partial charge >= 0.3 is 0 Å². The van der Waals surface area contributed by atoms with E-state index < -0.39 is 0 Å². The molecule has 3 aliphatic heterocycles. The number of rotatable bonds is 2. The molecular formula is C17H18N4O. The van der Waals surface area contributed by atoms with Crippen LogP contribution in [-0.4, -0.2) is 45.9 Å². The molecule has 5 heterocycles. The van der Waals surface area contributed by atoms with E-state index in [-0.39, 0.29) is 11.9 Å². The summed E-state index contributed by atoms with van der Waals surface area (Å²) in [6.45, 7) is 3.30. The summed E-state index contributed by atoms with van der Waals surface area (Å²) in [5, 5.41) is 3.16. The number of terminal acetylenes is 1. The van der Waals surface area contributed by atoms with Crippen LogP contribution in [0.25, 0.3) is 5.52 Å². The van der Waals surface area contributed by atoms with Gasteiger partial charge in [-0.15, -0.1) is 6.42 Å². The second-order valence-corrected chi connectivity index (χ2v) is 6.15. The fourth-order valence-electron chi connectivity index (χ4n) is 3.62. The number of piperidine rings is 3. The molecule has 1 amide bonds. The average molecular weight is 294 g/mol. The highest BCUT2D eigenvalue weighted by atomic mass is 16.2. The molecule has 5 heteroatoms. The van der Waals surface area contributed by atoms with Gasteiger partial charge < -0.3 is 10.2 Å². The summed E-state index contributed by atoms with van der Waals surface area (Å²) >= 11 is 0. The number of hydrogen-bond acceptors (Lipinski definition) is 3. The van der Waals surface area contributed by atoms with Crippen molar-refractivity contribution < 1.29 is 4.79 Å². The molecule has 2 aromatic heterocycles. The molecule has 1 N–H and O–H groups in total. The van der Waals surface area contributed by atoms with Crippen LogP contribution in [0.2, 0.25) is 0 Å². The lowest BCUT2D eigenvalue weighted by Gasteiger charge is -2.44. The molecule has 3 saturated heterocycles. The number of fused-ring (bicyclic) bond motifs is 4. The quantitative estimate of drug-likeness (QED) is 0.845. The second-order valence-electron chi connectivity index (χ2n) is 6.15. The van der Waals surface area contributed by atoms with Gasteiger partial charge in [-0.25, -0.2) is 4.98 Å². The zero-order valence-electron chi connectivity index (χ0n) is 12.3. The molecule has 3 fully saturated rings. The van der Waals surface area contributed by atoms with Crippen molar-refractivity contribution in [1.82, 2.24) is 19.6 Å². The Morgan fingerprint density at radius 3 is 2.86 bits per heavy atom. The third kappa shape index (κ3) is 2.16. The van der Waals surface area contributed by atoms with Crippen molar-refractivity contribution in [3.63, 3.8) is 0 Å². The van der Waals surface area contributed by atoms with E-state index in [1.54, 1.807) is 12.4 Å². The minimum atomic E-state index is -0.0929. The monoisotopic (exact) mass is 294 g/mol. The van der Waals surface area contributed by atoms with Crippen LogP contribution in [0.4, 0.5) is 0 Å². The highest BCUT2D eigenvalue weighted by molar-refractivity contribution is 5.93. The third-order valence-electron chi connectivity index (χ3n) is 4.90. The van der Waals surface area contributed by atoms with Gasteiger partial charge in [-0.05, 0) is 50.0 Å². The van der Waals surface area contributed by atoms with E-state index in [0.717, 1.165) is 17.8 Å². The number of carbonyl (C=O) groups is 1. The molecule has 5 rings (SSSR count). The normalized spacial score (nSPS) is 26.8. The first-order valence-electron chi connectivity index (χ1n) is 7.71. The van der Waals surface area contributed by atoms with Gasteiger partial charge in [0.1, 0.15) is 12.0 Å². The van der Waals surface area contributed by atoms with Gasteiger partial charge in [0.15, 0.2) is 0 Å². The molecule has 22 heavy (non-hydrogen) atoms. The number of nitrogens with one attached hydrogen (secondary N) is 1. The van der Waals surface area contributed by atoms with Crippen molar-refractivity contribution in [2.75, 3.05) is 19.6 Å². The lowest BCUT2D eigenvalue weighted by molar-refractivity contribution is 0.0617. The minimum absolute atomic E-state index is 0.0929. The number of carbonyl (C=O) groups excluding carboxylic acids is 1. The molecule has 0 radical (unpaired) electrons. The van der Waals surface area contributed by atoms with Gasteiger partial charge in [-0.2, -0.15) is 0 Å². The first kappa shape index (κ1) is 13.4. The van der Waals surface area contributed by atoms with Crippen molar-refractivity contribution in [1.29, 1.82) is 0 Å². The Hall–Kier alpha value is -2.32. The molecule has 0 aliphatic carbocycles. The smallest absolute Gasteiger partial charge is 0.270 e. The summed E-state index contributed by atoms with van der Waals surface area (Å²) < 4.78 is 1.81. The van der Waals surface area contributed by atoms with E-state index in [4.69, 9.17) is 6.42 Å². The predicted octanol–water partition coefficient (Wildman–Crippen LogP) is 1.14. The van der Waals surface area contributed by atoms with Gasteiger partial charge in [-0.3, -0.25) is 9.20 Å². The van der Waals surface area contributed by atoms with Gasteiger partial charge in [0.25, 0.3) is 5.91 Å². The van der Waals surface area contributed by atoms with Gasteiger partial charge in [0.05, 0.1) is 11.2 Å². The molecule has 5 nitrogen and oxygen atoms in total. The molecule has 3 aliphatic rings. The van der Waals surface area contributed by atoms with Crippen molar-refractivity contribution in [3.05, 3.63) is 35.9 Å². The molecule has 0 unspecified atom stereocenters. The second kappa shape index (κ2) is 5.15. The van der Waals surface area contributed by atoms with E-state index in [1.165, 1.54) is 25.9 Å². The number of amides is 1. The largest absolute Gasteiger partial charge is 0.346 e. The first-order valence-corrected chi connectivity index (χ1v) is 7.71. The lowest BCUT2D eigenvalue weighted by Crippen LogP contribution is -2.57. The highest BCUT2D eigenvalue weighted by Gasteiger charge is 2.35. The van der Waals surface area contributed by atoms with E-state index in [2.05, 4.69) is 21.1 Å². The maximum absolute atomic E-state index is 12.5. The van der Waals surface area contributed by atoms with Crippen molar-refractivity contribution in [2.24, 2.45) is 5.92 Å². The van der Waals surface area contributed by atoms with Crippen LogP contribution >= 0.6 is 0 Å². The molecular weight excluding hydrogens is 276 g/mol. The van der Waals surface area contributed by atoms with Crippen LogP contribution in [0.1, 0.15) is 29.0 Å². The summed E-state index contributed by atoms with van der Waals surface area (Å²) in [6.07, 6.45) is 9.42. The summed E-state index contributed by atoms with van der Waals surface area (Å²) in [5.41, 5.74) is 2.08. The lowest BCUT2D eigenvalue weighted by atomic mass is 9.84. The Labute approximate surface area is 129 Å². The standard InChI is InChI=1S/C17H18N4O/c1-2-13-3-4-14-9-15(18-11-21(13)14)17(22)19-16-10-20-7-5-12(16)6-8-20/h1,3-4,9,11-12,16H,5-8,10H2,(H,19,22)/t16-/m0/s1. The zero-order valence-corrected chi connectivity index (χ0v) is 12.3. The topological polar surface area (TPSA) is 49.6 Å². The molecule has 0 aromatic carbocycles. The summed E-state index contributed by atoms with van der Waals surface area (Å²) in [7, 11) is 0. The number of aromatic nitrogens is 2. The molecule has 2 bridgehead atoms. The zero-order chi connectivity index (χ0) is 15.1. The maximum Gasteiger partial charge on any atom is 0.270 e. The minimum Gasteiger partial charge on any atom is -0.346 e. The highest BCUT2D eigenvalue weighted by Crippen LogP contribution is 2.27. The van der Waals surface area contributed by atoms with Crippen LogP contribution in [-0.2, 0) is 0 Å². The van der Waals surface area contributed by atoms with Crippen LogP contribution in [0.3, 0.4) is 0 Å². The Morgan fingerprint density at radius 1 is 1.36 bits per heavy atom. The van der Waals surface area contributed by atoms with Crippen molar-refractivity contribution in [3.8, 4) is 12.3 Å². The van der Waals surface area contributed by atoms with Crippen LogP contribution in [0.15, 0.2) is 24.5 Å². The first-order chi connectivity index (χ1) is 10.7. The molecule has 1 atom stereocenters. The van der Waals surface area contributed by atoms with Crippen LogP contribution in [0.5, 0.6) is 0 Å². The van der Waals surface area contributed by atoms with Crippen molar-refractivity contribution >= 4 is 11.4 Å². The Morgan fingerprint density at radius 2 is 2.18 bits per heavy atom. The van der Waals surface area contributed by atoms with Gasteiger partial charge in [0.2, 0.25) is 0 Å². The fourth-order valence-corrected chi connectivity index (χ4v) is 3.62. The molecule has 2 aromatic rings. The SMILES string of the molecule is C#Cc1ccc2cc(C(=O)N[C@H]3CN4CCC3CC4)ncn12. The van der Waals surface area contributed by atoms with Gasteiger partial charge in [-0.1, -0.05) is 5.92 Å². The van der Waals surface area contributed by atoms with Crippen LogP contribution < -0.4 is 5.32 Å². The maximum atomic E-state index is 12.5. The Kier molecular flexibility index (Phi) is 3.12. The Balaban J connectivity index is 1.54. The Bertz CT molecular complexity index is 765. The van der Waals surface area contributed by atoms with Crippen molar-refractivity contribution in [2.45, 2.75) is 18.9 Å². The third-order valence-corrected chi connectivity index (χ3v) is 4.90. The summed E-state index contributed by atoms with van der Waals surface area (Å²) in [6, 6.07) is 5.80. The van der Waals surface area contributed by atoms with Gasteiger partial charge in [0, 0.05) is 12.6 Å². The molecule has 0 spiro atoms. The number of hydrogen-bond donors (Lipinski definition) is 1. The molecule has 112 valence electrons. The van der Waals surface area contributed by atoms with E-state index in [0.29, 0.717) is 11.6 Å². The molecule has 0 saturated carbocycles. The van der Waals surface area contributed by atoms with E-state index in [1.807, 2.05) is 16.5 Å². The van der Waals surface area contributed by atoms with Crippen LogP contribution in [0, 0.1) is 18.3 Å². The predicted molar refractivity (Wildman–Crippen MR) is 83.5 cm³/mol. The summed E-state index contributed by atoms with van der Waals surface area (Å²) in [5.74, 6) is 3.12. The summed E-state index contributed by atoms with van der Waals surface area (Å²) in [4.78, 5) is 19.1. The van der Waals surface area contributed by atoms with E-state index in [9.17, 15) is 4.79 Å².